The number of hydrogen-bond acceptors (Lipinski definition) is 5. The van der Waals surface area contributed by atoms with Crippen molar-refractivity contribution in [1.82, 2.24) is 0 Å². The molecule has 0 spiro atoms. The molecule has 0 aliphatic heterocycles. The van der Waals surface area contributed by atoms with E-state index in [0.717, 1.165) is 5.69 Å². The van der Waals surface area contributed by atoms with Gasteiger partial charge >= 0.3 is 11.9 Å². The summed E-state index contributed by atoms with van der Waals surface area (Å²) in [6.45, 7) is 5.56. The Balaban J connectivity index is 3.42. The van der Waals surface area contributed by atoms with Crippen molar-refractivity contribution in [2.75, 3.05) is 25.2 Å². The van der Waals surface area contributed by atoms with Gasteiger partial charge in [0.2, 0.25) is 0 Å². The highest BCUT2D eigenvalue weighted by atomic mass is 16.6. The van der Waals surface area contributed by atoms with Crippen LogP contribution in [0.4, 0.5) is 5.69 Å². The fourth-order valence-corrected chi connectivity index (χ4v) is 2.01. The lowest BCUT2D eigenvalue weighted by Crippen LogP contribution is -2.26. The molecule has 0 saturated carbocycles. The molecule has 1 aromatic carbocycles. The van der Waals surface area contributed by atoms with E-state index in [9.17, 15) is 9.59 Å². The number of rotatable bonds is 7. The van der Waals surface area contributed by atoms with Crippen LogP contribution in [0.1, 0.15) is 20.8 Å². The summed E-state index contributed by atoms with van der Waals surface area (Å²) in [6, 6.07) is 9.43. The number of nitrogens with zero attached hydrogens (tertiary/aromatic N) is 1. The molecule has 0 aliphatic carbocycles. The van der Waals surface area contributed by atoms with Gasteiger partial charge in [0.1, 0.15) is 0 Å². The Hall–Kier alpha value is -2.56. The maximum absolute atomic E-state index is 12.3. The molecule has 1 rings (SSSR count). The van der Waals surface area contributed by atoms with Crippen molar-refractivity contribution in [2.24, 2.45) is 0 Å². The minimum absolute atomic E-state index is 0.113. The summed E-state index contributed by atoms with van der Waals surface area (Å²) in [5.41, 5.74) is 1.15. The number of benzene rings is 1. The number of esters is 2. The van der Waals surface area contributed by atoms with Crippen LogP contribution in [0.2, 0.25) is 0 Å². The average Bonchev–Trinajstić information content (AvgIpc) is 2.55. The Bertz CT molecular complexity index is 570. The predicted octanol–water partition coefficient (Wildman–Crippen LogP) is 3.08. The fourth-order valence-electron chi connectivity index (χ4n) is 2.01. The molecule has 0 unspecified atom stereocenters. The van der Waals surface area contributed by atoms with E-state index in [1.54, 1.807) is 37.9 Å². The van der Waals surface area contributed by atoms with Crippen molar-refractivity contribution in [2.45, 2.75) is 20.8 Å². The molecule has 0 bridgehead atoms. The highest BCUT2D eigenvalue weighted by Crippen LogP contribution is 2.22. The monoisotopic (exact) mass is 317 g/mol. The predicted molar refractivity (Wildman–Crippen MR) is 90.0 cm³/mol. The summed E-state index contributed by atoms with van der Waals surface area (Å²) in [5, 5.41) is 0. The largest absolute Gasteiger partial charge is 0.462 e. The molecule has 124 valence electrons. The van der Waals surface area contributed by atoms with E-state index in [1.165, 1.54) is 0 Å². The molecular weight excluding hydrogens is 294 g/mol. The lowest BCUT2D eigenvalue weighted by atomic mass is 10.1. The Morgan fingerprint density at radius 1 is 1.04 bits per heavy atom. The van der Waals surface area contributed by atoms with Crippen molar-refractivity contribution in [3.05, 3.63) is 53.8 Å². The summed E-state index contributed by atoms with van der Waals surface area (Å²) in [4.78, 5) is 26.3. The van der Waals surface area contributed by atoms with Crippen LogP contribution in [0, 0.1) is 0 Å². The van der Waals surface area contributed by atoms with Gasteiger partial charge in [-0.1, -0.05) is 24.3 Å². The molecule has 0 atom stereocenters. The molecule has 0 N–H and O–H groups in total. The summed E-state index contributed by atoms with van der Waals surface area (Å²) < 4.78 is 10.1. The molecule has 0 heterocycles. The van der Waals surface area contributed by atoms with Crippen LogP contribution < -0.4 is 4.90 Å². The molecular formula is C18H23NO4. The minimum Gasteiger partial charge on any atom is -0.462 e. The number of hydrogen-bond donors (Lipinski definition) is 0. The standard InChI is InChI=1S/C18H23NO4/c1-5-11-15(19(4)14-12-9-8-10-13-14)16(17(20)22-6-2)18(21)23-7-3/h5,8-13H,6-7H2,1-4H3/b11-5-. The van der Waals surface area contributed by atoms with E-state index in [2.05, 4.69) is 0 Å². The van der Waals surface area contributed by atoms with Crippen LogP contribution in [0.25, 0.3) is 0 Å². The number of para-hydroxylation sites is 1. The zero-order chi connectivity index (χ0) is 17.2. The van der Waals surface area contributed by atoms with E-state index >= 15 is 0 Å². The maximum Gasteiger partial charge on any atom is 0.347 e. The summed E-state index contributed by atoms with van der Waals surface area (Å²) >= 11 is 0. The summed E-state index contributed by atoms with van der Waals surface area (Å²) in [6.07, 6.45) is 3.45. The van der Waals surface area contributed by atoms with Crippen molar-refractivity contribution in [3.63, 3.8) is 0 Å². The zero-order valence-corrected chi connectivity index (χ0v) is 14.0. The van der Waals surface area contributed by atoms with Gasteiger partial charge in [-0.3, -0.25) is 0 Å². The van der Waals surface area contributed by atoms with Gasteiger partial charge < -0.3 is 14.4 Å². The zero-order valence-electron chi connectivity index (χ0n) is 14.0. The second-order valence-electron chi connectivity index (χ2n) is 4.60. The van der Waals surface area contributed by atoms with Crippen LogP contribution >= 0.6 is 0 Å². The van der Waals surface area contributed by atoms with Crippen molar-refractivity contribution in [1.29, 1.82) is 0 Å². The Morgan fingerprint density at radius 3 is 2.00 bits per heavy atom. The SMILES string of the molecule is C/C=C\C(=C(C(=O)OCC)C(=O)OCC)N(C)c1ccccc1. The van der Waals surface area contributed by atoms with Crippen LogP contribution in [0.5, 0.6) is 0 Å². The quantitative estimate of drug-likeness (QED) is 0.254. The third kappa shape index (κ3) is 4.98. The smallest absolute Gasteiger partial charge is 0.347 e. The van der Waals surface area contributed by atoms with Crippen molar-refractivity contribution in [3.8, 4) is 0 Å². The number of carbonyl (C=O) groups excluding carboxylic acids is 2. The van der Waals surface area contributed by atoms with Gasteiger partial charge in [-0.2, -0.15) is 0 Å². The Labute approximate surface area is 137 Å². The highest BCUT2D eigenvalue weighted by Gasteiger charge is 2.27. The molecule has 0 aromatic heterocycles. The molecule has 5 nitrogen and oxygen atoms in total. The van der Waals surface area contributed by atoms with E-state index in [-0.39, 0.29) is 18.8 Å². The van der Waals surface area contributed by atoms with Gasteiger partial charge in [0.25, 0.3) is 0 Å². The van der Waals surface area contributed by atoms with Gasteiger partial charge in [0.15, 0.2) is 5.57 Å². The van der Waals surface area contributed by atoms with Gasteiger partial charge in [-0.15, -0.1) is 0 Å². The van der Waals surface area contributed by atoms with E-state index < -0.39 is 11.9 Å². The molecule has 23 heavy (non-hydrogen) atoms. The number of allylic oxidation sites excluding steroid dienone is 2. The highest BCUT2D eigenvalue weighted by molar-refractivity contribution is 6.15. The normalized spacial score (nSPS) is 10.3. The molecule has 0 fully saturated rings. The van der Waals surface area contributed by atoms with Gasteiger partial charge in [0, 0.05) is 12.7 Å². The van der Waals surface area contributed by atoms with Crippen LogP contribution in [-0.4, -0.2) is 32.2 Å². The first-order chi connectivity index (χ1) is 11.1. The van der Waals surface area contributed by atoms with Gasteiger partial charge in [-0.25, -0.2) is 9.59 Å². The van der Waals surface area contributed by atoms with Crippen LogP contribution in [0.3, 0.4) is 0 Å². The first-order valence-electron chi connectivity index (χ1n) is 7.56. The van der Waals surface area contributed by atoms with Crippen LogP contribution in [-0.2, 0) is 19.1 Å². The molecule has 5 heteroatoms. The van der Waals surface area contributed by atoms with Crippen molar-refractivity contribution >= 4 is 17.6 Å². The lowest BCUT2D eigenvalue weighted by molar-refractivity contribution is -0.146. The minimum atomic E-state index is -0.693. The molecule has 0 aliphatic rings. The lowest BCUT2D eigenvalue weighted by Gasteiger charge is -2.23. The topological polar surface area (TPSA) is 55.8 Å². The average molecular weight is 317 g/mol. The second-order valence-corrected chi connectivity index (χ2v) is 4.60. The van der Waals surface area contributed by atoms with Gasteiger partial charge in [-0.05, 0) is 39.0 Å². The van der Waals surface area contributed by atoms with E-state index in [1.807, 2.05) is 37.3 Å². The number of carbonyl (C=O) groups is 2. The molecule has 0 amide bonds. The van der Waals surface area contributed by atoms with Crippen LogP contribution in [0.15, 0.2) is 53.8 Å². The van der Waals surface area contributed by atoms with E-state index in [4.69, 9.17) is 9.47 Å². The molecule has 0 saturated heterocycles. The summed E-state index contributed by atoms with van der Waals surface area (Å²) in [5.74, 6) is -1.39. The number of anilines is 1. The maximum atomic E-state index is 12.3. The number of ether oxygens (including phenoxy) is 2. The Kier molecular flexibility index (Phi) is 7.60. The first kappa shape index (κ1) is 18.5. The molecule has 0 radical (unpaired) electrons. The fraction of sp³-hybridized carbons (Fsp3) is 0.333. The third-order valence-electron chi connectivity index (χ3n) is 3.04. The molecule has 1 aromatic rings. The second kappa shape index (κ2) is 9.46. The number of likely N-dealkylation sites (N-methyl/N-ethyl adjacent to an activating group) is 1. The van der Waals surface area contributed by atoms with Gasteiger partial charge in [0.05, 0.1) is 18.9 Å². The Morgan fingerprint density at radius 2 is 1.57 bits per heavy atom. The van der Waals surface area contributed by atoms with E-state index in [0.29, 0.717) is 5.70 Å². The first-order valence-corrected chi connectivity index (χ1v) is 7.56. The summed E-state index contributed by atoms with van der Waals surface area (Å²) in [7, 11) is 1.78. The van der Waals surface area contributed by atoms with Crippen molar-refractivity contribution < 1.29 is 19.1 Å². The third-order valence-corrected chi connectivity index (χ3v) is 3.04.